The van der Waals surface area contributed by atoms with E-state index in [1.807, 2.05) is 0 Å². The first kappa shape index (κ1) is 14.5. The quantitative estimate of drug-likeness (QED) is 0.748. The highest BCUT2D eigenvalue weighted by atomic mass is 35.5. The van der Waals surface area contributed by atoms with Crippen LogP contribution in [0, 0.1) is 0 Å². The molecule has 1 N–H and O–H groups in total. The molecule has 114 valence electrons. The largest absolute Gasteiger partial charge is 0.408 e. The number of nitrogens with zero attached hydrogens (tertiary/aromatic N) is 5. The third-order valence-corrected chi connectivity index (χ3v) is 2.95. The maximum absolute atomic E-state index is 12.7. The second-order valence-electron chi connectivity index (χ2n) is 4.36. The number of anilines is 2. The molecular formula is C12H8ClF3N6. The molecule has 0 fully saturated rings. The molecule has 0 saturated heterocycles. The lowest BCUT2D eigenvalue weighted by Crippen LogP contribution is -2.18. The van der Waals surface area contributed by atoms with E-state index >= 15 is 0 Å². The van der Waals surface area contributed by atoms with E-state index in [9.17, 15) is 13.2 Å². The highest BCUT2D eigenvalue weighted by Crippen LogP contribution is 2.28. The van der Waals surface area contributed by atoms with E-state index < -0.39 is 12.7 Å². The molecular weight excluding hydrogens is 321 g/mol. The van der Waals surface area contributed by atoms with Crippen LogP contribution >= 0.6 is 11.6 Å². The number of pyridine rings is 1. The van der Waals surface area contributed by atoms with Crippen molar-refractivity contribution in [2.75, 3.05) is 5.32 Å². The van der Waals surface area contributed by atoms with Gasteiger partial charge < -0.3 is 5.32 Å². The average molecular weight is 329 g/mol. The second-order valence-corrected chi connectivity index (χ2v) is 4.75. The van der Waals surface area contributed by atoms with Crippen molar-refractivity contribution in [2.45, 2.75) is 12.7 Å². The minimum atomic E-state index is -4.40. The van der Waals surface area contributed by atoms with Crippen molar-refractivity contribution in [2.24, 2.45) is 0 Å². The summed E-state index contributed by atoms with van der Waals surface area (Å²) in [6.45, 7) is -1.23. The maximum Gasteiger partial charge on any atom is 0.408 e. The first-order valence-corrected chi connectivity index (χ1v) is 6.42. The van der Waals surface area contributed by atoms with Crippen LogP contribution in [0.4, 0.5) is 24.8 Å². The molecule has 22 heavy (non-hydrogen) atoms. The molecule has 3 heterocycles. The molecule has 0 radical (unpaired) electrons. The molecule has 0 atom stereocenters. The van der Waals surface area contributed by atoms with Crippen LogP contribution in [-0.4, -0.2) is 30.9 Å². The van der Waals surface area contributed by atoms with Crippen LogP contribution in [0.1, 0.15) is 0 Å². The van der Waals surface area contributed by atoms with Gasteiger partial charge in [0.1, 0.15) is 17.5 Å². The minimum absolute atomic E-state index is 0.0851. The standard InChI is InChI=1S/C12H8ClF3N6/c13-9-3-8-7(4-19-9)11(20-10-5-17-1-2-18-10)21-22(8)6-12(14,15)16/h1-5H,6H2,(H,18,20,21). The molecule has 0 saturated carbocycles. The van der Waals surface area contributed by atoms with E-state index in [1.165, 1.54) is 30.9 Å². The third kappa shape index (κ3) is 3.08. The topological polar surface area (TPSA) is 68.5 Å². The van der Waals surface area contributed by atoms with Crippen molar-refractivity contribution in [1.29, 1.82) is 0 Å². The summed E-state index contributed by atoms with van der Waals surface area (Å²) in [5, 5.41) is 7.23. The third-order valence-electron chi connectivity index (χ3n) is 2.74. The minimum Gasteiger partial charge on any atom is -0.322 e. The lowest BCUT2D eigenvalue weighted by Gasteiger charge is -2.07. The van der Waals surface area contributed by atoms with Gasteiger partial charge >= 0.3 is 6.18 Å². The van der Waals surface area contributed by atoms with Crippen LogP contribution < -0.4 is 5.32 Å². The molecule has 3 aromatic heterocycles. The number of rotatable bonds is 3. The summed E-state index contributed by atoms with van der Waals surface area (Å²) in [7, 11) is 0. The summed E-state index contributed by atoms with van der Waals surface area (Å²) in [5.41, 5.74) is 0.226. The Balaban J connectivity index is 2.07. The van der Waals surface area contributed by atoms with Gasteiger partial charge in [0.25, 0.3) is 0 Å². The zero-order valence-electron chi connectivity index (χ0n) is 10.8. The van der Waals surface area contributed by atoms with Crippen molar-refractivity contribution in [3.8, 4) is 0 Å². The molecule has 0 amide bonds. The van der Waals surface area contributed by atoms with Crippen LogP contribution in [0.5, 0.6) is 0 Å². The van der Waals surface area contributed by atoms with Crippen molar-refractivity contribution in [1.82, 2.24) is 24.7 Å². The van der Waals surface area contributed by atoms with Crippen LogP contribution in [0.3, 0.4) is 0 Å². The Hall–Kier alpha value is -2.42. The van der Waals surface area contributed by atoms with Crippen LogP contribution in [0.2, 0.25) is 5.15 Å². The Morgan fingerprint density at radius 2 is 2.00 bits per heavy atom. The fourth-order valence-corrected chi connectivity index (χ4v) is 2.06. The number of hydrogen-bond donors (Lipinski definition) is 1. The van der Waals surface area contributed by atoms with Crippen molar-refractivity contribution < 1.29 is 13.2 Å². The smallest absolute Gasteiger partial charge is 0.322 e. The summed E-state index contributed by atoms with van der Waals surface area (Å²) in [6, 6.07) is 1.33. The summed E-state index contributed by atoms with van der Waals surface area (Å²) in [4.78, 5) is 11.7. The molecule has 3 aromatic rings. The summed E-state index contributed by atoms with van der Waals surface area (Å²) in [6.07, 6.45) is 1.31. The van der Waals surface area contributed by atoms with Gasteiger partial charge in [-0.15, -0.1) is 0 Å². The first-order valence-electron chi connectivity index (χ1n) is 6.04. The molecule has 10 heteroatoms. The number of nitrogens with one attached hydrogen (secondary N) is 1. The predicted molar refractivity (Wildman–Crippen MR) is 73.9 cm³/mol. The zero-order chi connectivity index (χ0) is 15.7. The van der Waals surface area contributed by atoms with Crippen molar-refractivity contribution in [3.63, 3.8) is 0 Å². The lowest BCUT2D eigenvalue weighted by molar-refractivity contribution is -0.141. The second kappa shape index (κ2) is 5.41. The van der Waals surface area contributed by atoms with Gasteiger partial charge in [0.05, 0.1) is 17.1 Å². The van der Waals surface area contributed by atoms with Gasteiger partial charge in [-0.3, -0.25) is 9.67 Å². The lowest BCUT2D eigenvalue weighted by atomic mass is 10.3. The van der Waals surface area contributed by atoms with Gasteiger partial charge in [-0.1, -0.05) is 11.6 Å². The molecule has 0 spiro atoms. The Labute approximate surface area is 127 Å². The Morgan fingerprint density at radius 3 is 2.68 bits per heavy atom. The fourth-order valence-electron chi connectivity index (χ4n) is 1.91. The number of aromatic nitrogens is 5. The van der Waals surface area contributed by atoms with Gasteiger partial charge in [-0.05, 0) is 0 Å². The summed E-state index contributed by atoms with van der Waals surface area (Å²) < 4.78 is 38.8. The zero-order valence-corrected chi connectivity index (χ0v) is 11.6. The Morgan fingerprint density at radius 1 is 1.18 bits per heavy atom. The molecule has 0 unspecified atom stereocenters. The number of halogens is 4. The summed E-state index contributed by atoms with van der Waals surface area (Å²) in [5.74, 6) is 0.555. The molecule has 3 rings (SSSR count). The van der Waals surface area contributed by atoms with Gasteiger partial charge in [0.2, 0.25) is 0 Å². The number of alkyl halides is 3. The first-order chi connectivity index (χ1) is 10.4. The maximum atomic E-state index is 12.7. The van der Waals surface area contributed by atoms with E-state index in [0.717, 1.165) is 4.68 Å². The molecule has 0 aliphatic heterocycles. The van der Waals surface area contributed by atoms with E-state index in [0.29, 0.717) is 11.2 Å². The molecule has 0 aliphatic carbocycles. The SMILES string of the molecule is FC(F)(F)Cn1nc(Nc2cnccn2)c2cnc(Cl)cc21. The highest BCUT2D eigenvalue weighted by molar-refractivity contribution is 6.30. The number of hydrogen-bond acceptors (Lipinski definition) is 5. The van der Waals surface area contributed by atoms with Crippen molar-refractivity contribution >= 4 is 34.1 Å². The number of fused-ring (bicyclic) bond motifs is 1. The Bertz CT molecular complexity index is 802. The van der Waals surface area contributed by atoms with Gasteiger partial charge in [0.15, 0.2) is 5.82 Å². The molecule has 0 bridgehead atoms. The fraction of sp³-hybridized carbons (Fsp3) is 0.167. The van der Waals surface area contributed by atoms with E-state index in [4.69, 9.17) is 11.6 Å². The predicted octanol–water partition coefficient (Wildman–Crippen LogP) is 3.18. The van der Waals surface area contributed by atoms with Crippen LogP contribution in [-0.2, 0) is 6.54 Å². The van der Waals surface area contributed by atoms with Gasteiger partial charge in [-0.25, -0.2) is 9.97 Å². The summed E-state index contributed by atoms with van der Waals surface area (Å²) >= 11 is 5.76. The van der Waals surface area contributed by atoms with E-state index in [2.05, 4.69) is 25.4 Å². The molecule has 0 aromatic carbocycles. The monoisotopic (exact) mass is 328 g/mol. The molecule has 6 nitrogen and oxygen atoms in total. The van der Waals surface area contributed by atoms with Crippen molar-refractivity contribution in [3.05, 3.63) is 36.0 Å². The van der Waals surface area contributed by atoms with E-state index in [1.54, 1.807) is 0 Å². The normalized spacial score (nSPS) is 11.8. The van der Waals surface area contributed by atoms with Gasteiger partial charge in [-0.2, -0.15) is 18.3 Å². The molecule has 0 aliphatic rings. The van der Waals surface area contributed by atoms with Crippen LogP contribution in [0.25, 0.3) is 10.9 Å². The van der Waals surface area contributed by atoms with Gasteiger partial charge in [0, 0.05) is 24.7 Å². The van der Waals surface area contributed by atoms with E-state index in [-0.39, 0.29) is 16.5 Å². The highest BCUT2D eigenvalue weighted by Gasteiger charge is 2.30. The van der Waals surface area contributed by atoms with Crippen LogP contribution in [0.15, 0.2) is 30.9 Å². The Kier molecular flexibility index (Phi) is 3.57. The average Bonchev–Trinajstić information content (AvgIpc) is 2.75.